The molecule has 22 heavy (non-hydrogen) atoms. The Balaban J connectivity index is 1.60. The summed E-state index contributed by atoms with van der Waals surface area (Å²) < 4.78 is 0. The third-order valence-electron chi connectivity index (χ3n) is 3.32. The zero-order valence-electron chi connectivity index (χ0n) is 12.2. The molecule has 6 nitrogen and oxygen atoms in total. The first-order valence-corrected chi connectivity index (χ1v) is 7.21. The first-order valence-electron chi connectivity index (χ1n) is 7.21. The fourth-order valence-corrected chi connectivity index (χ4v) is 1.95. The van der Waals surface area contributed by atoms with Crippen molar-refractivity contribution in [2.75, 3.05) is 17.7 Å². The summed E-state index contributed by atoms with van der Waals surface area (Å²) in [6, 6.07) is 13.2. The molecule has 0 saturated carbocycles. The molecule has 0 unspecified atom stereocenters. The number of nitrogens with two attached hydrogens (primary N) is 1. The van der Waals surface area contributed by atoms with Gasteiger partial charge in [0.15, 0.2) is 5.82 Å². The van der Waals surface area contributed by atoms with Crippen molar-refractivity contribution in [3.8, 4) is 0 Å². The molecule has 2 aromatic rings. The van der Waals surface area contributed by atoms with Crippen molar-refractivity contribution < 1.29 is 0 Å². The lowest BCUT2D eigenvalue weighted by atomic mass is 10.1. The summed E-state index contributed by atoms with van der Waals surface area (Å²) in [6.45, 7) is 0.628. The maximum atomic E-state index is 5.92. The van der Waals surface area contributed by atoms with Gasteiger partial charge in [-0.2, -0.15) is 5.11 Å². The molecule has 0 amide bonds. The molecule has 3 rings (SSSR count). The van der Waals surface area contributed by atoms with Crippen molar-refractivity contribution in [2.24, 2.45) is 10.2 Å². The highest BCUT2D eigenvalue weighted by atomic mass is 15.1. The average Bonchev–Trinajstić information content (AvgIpc) is 2.50. The Hall–Kier alpha value is -2.89. The third-order valence-corrected chi connectivity index (χ3v) is 3.32. The smallest absolute Gasteiger partial charge is 0.153 e. The number of hydrogen-bond donors (Lipinski definition) is 3. The van der Waals surface area contributed by atoms with Gasteiger partial charge in [0.05, 0.1) is 12.4 Å². The number of benzene rings is 1. The first kappa shape index (κ1) is 14.1. The molecule has 1 aromatic carbocycles. The number of nitrogens with zero attached hydrogens (tertiary/aromatic N) is 3. The number of aromatic nitrogens is 1. The van der Waals surface area contributed by atoms with E-state index in [-0.39, 0.29) is 0 Å². The van der Waals surface area contributed by atoms with E-state index in [0.29, 0.717) is 24.0 Å². The summed E-state index contributed by atoms with van der Waals surface area (Å²) in [5.41, 5.74) is 8.53. The van der Waals surface area contributed by atoms with Crippen LogP contribution in [0.25, 0.3) is 0 Å². The summed E-state index contributed by atoms with van der Waals surface area (Å²) in [4.78, 5) is 4.28. The Morgan fingerprint density at radius 2 is 1.86 bits per heavy atom. The molecule has 0 saturated heterocycles. The van der Waals surface area contributed by atoms with E-state index in [2.05, 4.69) is 31.9 Å². The van der Waals surface area contributed by atoms with Crippen molar-refractivity contribution >= 4 is 23.0 Å². The number of anilines is 2. The molecular weight excluding hydrogens is 276 g/mol. The second-order valence-electron chi connectivity index (χ2n) is 4.93. The van der Waals surface area contributed by atoms with Gasteiger partial charge < -0.3 is 16.4 Å². The third kappa shape index (κ3) is 3.60. The van der Waals surface area contributed by atoms with Gasteiger partial charge in [0.2, 0.25) is 0 Å². The van der Waals surface area contributed by atoms with Gasteiger partial charge in [-0.05, 0) is 37.1 Å². The Morgan fingerprint density at radius 1 is 1.05 bits per heavy atom. The summed E-state index contributed by atoms with van der Waals surface area (Å²) in [6.07, 6.45) is 4.46. The van der Waals surface area contributed by atoms with Crippen LogP contribution in [0, 0.1) is 0 Å². The van der Waals surface area contributed by atoms with Gasteiger partial charge in [0.1, 0.15) is 11.5 Å². The van der Waals surface area contributed by atoms with Gasteiger partial charge >= 0.3 is 0 Å². The highest BCUT2D eigenvalue weighted by Gasteiger charge is 2.05. The van der Waals surface area contributed by atoms with E-state index in [0.717, 1.165) is 18.5 Å². The van der Waals surface area contributed by atoms with Crippen LogP contribution < -0.4 is 16.4 Å². The number of hydrogen-bond acceptors (Lipinski definition) is 6. The van der Waals surface area contributed by atoms with Crippen molar-refractivity contribution in [1.29, 1.82) is 0 Å². The molecule has 1 aliphatic rings. The molecule has 1 aromatic heterocycles. The van der Waals surface area contributed by atoms with Crippen molar-refractivity contribution in [1.82, 2.24) is 10.3 Å². The Bertz CT molecular complexity index is 693. The molecule has 0 atom stereocenters. The number of nitrogens with one attached hydrogen (secondary N) is 2. The SMILES string of the molecule is Nc1nc(NCNC2=CCC2)ccc1N=Nc1ccccc1. The predicted octanol–water partition coefficient (Wildman–Crippen LogP) is 3.72. The average molecular weight is 294 g/mol. The lowest BCUT2D eigenvalue weighted by molar-refractivity contribution is 0.724. The van der Waals surface area contributed by atoms with E-state index in [1.807, 2.05) is 36.4 Å². The molecular formula is C16H18N6. The van der Waals surface area contributed by atoms with Gasteiger partial charge in [0.25, 0.3) is 0 Å². The Kier molecular flexibility index (Phi) is 4.29. The van der Waals surface area contributed by atoms with E-state index >= 15 is 0 Å². The second kappa shape index (κ2) is 6.71. The topological polar surface area (TPSA) is 87.7 Å². The minimum absolute atomic E-state index is 0.354. The van der Waals surface area contributed by atoms with Crippen molar-refractivity contribution in [2.45, 2.75) is 12.8 Å². The van der Waals surface area contributed by atoms with Crippen LogP contribution in [0.5, 0.6) is 0 Å². The predicted molar refractivity (Wildman–Crippen MR) is 88.2 cm³/mol. The van der Waals surface area contributed by atoms with Gasteiger partial charge in [-0.15, -0.1) is 5.11 Å². The summed E-state index contributed by atoms with van der Waals surface area (Å²) in [5, 5.41) is 14.7. The zero-order chi connectivity index (χ0) is 15.2. The molecule has 4 N–H and O–H groups in total. The summed E-state index contributed by atoms with van der Waals surface area (Å²) in [7, 11) is 0. The molecule has 0 radical (unpaired) electrons. The number of nitrogen functional groups attached to an aromatic ring is 1. The maximum absolute atomic E-state index is 5.92. The molecule has 0 fully saturated rings. The number of allylic oxidation sites excluding steroid dienone is 2. The molecule has 0 aliphatic heterocycles. The second-order valence-corrected chi connectivity index (χ2v) is 4.93. The van der Waals surface area contributed by atoms with Crippen LogP contribution in [0.2, 0.25) is 0 Å². The van der Waals surface area contributed by atoms with Crippen LogP contribution in [0.4, 0.5) is 23.0 Å². The monoisotopic (exact) mass is 294 g/mol. The van der Waals surface area contributed by atoms with E-state index < -0.39 is 0 Å². The molecule has 1 heterocycles. The van der Waals surface area contributed by atoms with Gasteiger partial charge in [-0.1, -0.05) is 24.3 Å². The van der Waals surface area contributed by atoms with E-state index in [1.54, 1.807) is 6.07 Å². The summed E-state index contributed by atoms with van der Waals surface area (Å²) in [5.74, 6) is 1.07. The normalized spacial score (nSPS) is 13.5. The fraction of sp³-hybridized carbons (Fsp3) is 0.188. The van der Waals surface area contributed by atoms with Crippen LogP contribution in [0.3, 0.4) is 0 Å². The number of rotatable bonds is 6. The van der Waals surface area contributed by atoms with E-state index in [4.69, 9.17) is 5.73 Å². The van der Waals surface area contributed by atoms with Gasteiger partial charge in [-0.25, -0.2) is 4.98 Å². The molecule has 0 bridgehead atoms. The van der Waals surface area contributed by atoms with Crippen LogP contribution in [-0.4, -0.2) is 11.7 Å². The molecule has 1 aliphatic carbocycles. The van der Waals surface area contributed by atoms with Crippen LogP contribution in [0.15, 0.2) is 64.5 Å². The minimum atomic E-state index is 0.354. The number of pyridine rings is 1. The van der Waals surface area contributed by atoms with Crippen LogP contribution >= 0.6 is 0 Å². The van der Waals surface area contributed by atoms with Crippen molar-refractivity contribution in [3.05, 3.63) is 54.2 Å². The van der Waals surface area contributed by atoms with Crippen molar-refractivity contribution in [3.63, 3.8) is 0 Å². The lowest BCUT2D eigenvalue weighted by Crippen LogP contribution is -2.24. The highest BCUT2D eigenvalue weighted by molar-refractivity contribution is 5.61. The fourth-order valence-electron chi connectivity index (χ4n) is 1.95. The molecule has 0 spiro atoms. The first-order chi connectivity index (χ1) is 10.8. The van der Waals surface area contributed by atoms with Crippen LogP contribution in [0.1, 0.15) is 12.8 Å². The molecule has 6 heteroatoms. The number of azo groups is 1. The van der Waals surface area contributed by atoms with E-state index in [9.17, 15) is 0 Å². The molecule has 112 valence electrons. The lowest BCUT2D eigenvalue weighted by Gasteiger charge is -2.17. The standard InChI is InChI=1S/C16H18N6/c17-16-14(22-21-13-5-2-1-3-6-13)9-10-15(20-16)19-11-18-12-7-4-8-12/h1-3,5-7,9-10,18H,4,8,11H2,(H3,17,19,20). The van der Waals surface area contributed by atoms with Crippen LogP contribution in [-0.2, 0) is 0 Å². The zero-order valence-corrected chi connectivity index (χ0v) is 12.2. The summed E-state index contributed by atoms with van der Waals surface area (Å²) >= 11 is 0. The van der Waals surface area contributed by atoms with E-state index in [1.165, 1.54) is 5.70 Å². The highest BCUT2D eigenvalue weighted by Crippen LogP contribution is 2.24. The Morgan fingerprint density at radius 3 is 2.55 bits per heavy atom. The Labute approximate surface area is 129 Å². The minimum Gasteiger partial charge on any atom is -0.382 e. The quantitative estimate of drug-likeness (QED) is 0.559. The largest absolute Gasteiger partial charge is 0.382 e. The maximum Gasteiger partial charge on any atom is 0.153 e. The van der Waals surface area contributed by atoms with Gasteiger partial charge in [-0.3, -0.25) is 0 Å². The van der Waals surface area contributed by atoms with Gasteiger partial charge in [0, 0.05) is 5.70 Å².